The Bertz CT molecular complexity index is 262. The largest absolute Gasteiger partial charge is 0.338 e. The van der Waals surface area contributed by atoms with Crippen molar-refractivity contribution in [2.45, 2.75) is 13.3 Å². The first kappa shape index (κ1) is 11.9. The normalized spacial score (nSPS) is 13.1. The number of hydrogen-bond acceptors (Lipinski definition) is 2. The van der Waals surface area contributed by atoms with E-state index in [0.29, 0.717) is 5.92 Å². The lowest BCUT2D eigenvalue weighted by Gasteiger charge is -2.06. The molecule has 0 aliphatic heterocycles. The summed E-state index contributed by atoms with van der Waals surface area (Å²) in [5.74, 6) is 4.81. The summed E-state index contributed by atoms with van der Waals surface area (Å²) in [7, 11) is 2.04. The van der Waals surface area contributed by atoms with Gasteiger partial charge in [-0.25, -0.2) is 4.98 Å². The molecule has 0 amide bonds. The average molecular weight is 233 g/mol. The zero-order chi connectivity index (χ0) is 10.4. The van der Waals surface area contributed by atoms with E-state index in [1.54, 1.807) is 0 Å². The highest BCUT2D eigenvalue weighted by molar-refractivity contribution is 7.99. The number of hydrogen-bond donors (Lipinski definition) is 0. The number of aryl methyl sites for hydroxylation is 2. The van der Waals surface area contributed by atoms with Crippen molar-refractivity contribution in [2.24, 2.45) is 13.0 Å². The fourth-order valence-corrected chi connectivity index (χ4v) is 2.38. The second-order valence-corrected chi connectivity index (χ2v) is 5.00. The quantitative estimate of drug-likeness (QED) is 0.554. The minimum atomic E-state index is 0.614. The second kappa shape index (κ2) is 6.36. The van der Waals surface area contributed by atoms with Crippen molar-refractivity contribution in [3.05, 3.63) is 18.2 Å². The lowest BCUT2D eigenvalue weighted by atomic mass is 10.3. The molecule has 0 aromatic carbocycles. The molecule has 2 nitrogen and oxygen atoms in total. The summed E-state index contributed by atoms with van der Waals surface area (Å²) < 4.78 is 2.07. The van der Waals surface area contributed by atoms with Gasteiger partial charge in [-0.2, -0.15) is 11.8 Å². The van der Waals surface area contributed by atoms with Crippen molar-refractivity contribution in [3.63, 3.8) is 0 Å². The standard InChI is InChI=1S/C10H17ClN2S/c1-9(7-11)8-14-6-3-10-12-4-5-13(10)2/h4-5,9H,3,6-8H2,1-2H3. The van der Waals surface area contributed by atoms with Crippen LogP contribution in [0.5, 0.6) is 0 Å². The van der Waals surface area contributed by atoms with Crippen LogP contribution in [0.1, 0.15) is 12.7 Å². The van der Waals surface area contributed by atoms with Crippen LogP contribution in [0.3, 0.4) is 0 Å². The molecule has 1 atom stereocenters. The smallest absolute Gasteiger partial charge is 0.109 e. The molecule has 14 heavy (non-hydrogen) atoms. The Morgan fingerprint density at radius 1 is 1.64 bits per heavy atom. The Hall–Kier alpha value is -0.150. The van der Waals surface area contributed by atoms with Crippen LogP contribution < -0.4 is 0 Å². The minimum Gasteiger partial charge on any atom is -0.338 e. The zero-order valence-electron chi connectivity index (χ0n) is 8.74. The molecular weight excluding hydrogens is 216 g/mol. The van der Waals surface area contributed by atoms with E-state index in [1.807, 2.05) is 31.2 Å². The lowest BCUT2D eigenvalue weighted by Crippen LogP contribution is -2.03. The van der Waals surface area contributed by atoms with Crippen LogP contribution >= 0.6 is 23.4 Å². The van der Waals surface area contributed by atoms with E-state index in [0.717, 1.165) is 29.6 Å². The molecule has 0 saturated heterocycles. The monoisotopic (exact) mass is 232 g/mol. The molecule has 80 valence electrons. The summed E-state index contributed by atoms with van der Waals surface area (Å²) in [4.78, 5) is 4.28. The first-order valence-electron chi connectivity index (χ1n) is 4.84. The highest BCUT2D eigenvalue weighted by atomic mass is 35.5. The van der Waals surface area contributed by atoms with Crippen LogP contribution in [0.25, 0.3) is 0 Å². The maximum atomic E-state index is 5.73. The molecule has 1 aromatic heterocycles. The van der Waals surface area contributed by atoms with E-state index in [2.05, 4.69) is 16.5 Å². The predicted octanol–water partition coefficient (Wildman–Crippen LogP) is 2.57. The third-order valence-electron chi connectivity index (χ3n) is 2.06. The van der Waals surface area contributed by atoms with Gasteiger partial charge in [-0.15, -0.1) is 11.6 Å². The maximum Gasteiger partial charge on any atom is 0.109 e. The summed E-state index contributed by atoms with van der Waals surface area (Å²) in [6, 6.07) is 0. The third kappa shape index (κ3) is 3.93. The molecule has 1 heterocycles. The van der Waals surface area contributed by atoms with E-state index in [-0.39, 0.29) is 0 Å². The van der Waals surface area contributed by atoms with Gasteiger partial charge in [-0.1, -0.05) is 6.92 Å². The van der Waals surface area contributed by atoms with E-state index >= 15 is 0 Å². The number of nitrogens with zero attached hydrogens (tertiary/aromatic N) is 2. The van der Waals surface area contributed by atoms with Crippen LogP contribution in [0.2, 0.25) is 0 Å². The minimum absolute atomic E-state index is 0.614. The fraction of sp³-hybridized carbons (Fsp3) is 0.700. The number of rotatable bonds is 6. The summed E-state index contributed by atoms with van der Waals surface area (Å²) in [6.45, 7) is 2.18. The van der Waals surface area contributed by atoms with Crippen molar-refractivity contribution >= 4 is 23.4 Å². The number of aromatic nitrogens is 2. The molecule has 0 bridgehead atoms. The number of halogens is 1. The zero-order valence-corrected chi connectivity index (χ0v) is 10.3. The number of thioether (sulfide) groups is 1. The summed E-state index contributed by atoms with van der Waals surface area (Å²) in [6.07, 6.45) is 4.88. The molecule has 0 aliphatic rings. The van der Waals surface area contributed by atoms with Crippen molar-refractivity contribution in [1.29, 1.82) is 0 Å². The predicted molar refractivity (Wildman–Crippen MR) is 64.1 cm³/mol. The van der Waals surface area contributed by atoms with Gasteiger partial charge in [0.05, 0.1) is 0 Å². The van der Waals surface area contributed by atoms with E-state index < -0.39 is 0 Å². The van der Waals surface area contributed by atoms with Crippen LogP contribution in [0.15, 0.2) is 12.4 Å². The van der Waals surface area contributed by atoms with Crippen molar-refractivity contribution in [2.75, 3.05) is 17.4 Å². The van der Waals surface area contributed by atoms with Gasteiger partial charge in [0.2, 0.25) is 0 Å². The number of imidazole rings is 1. The van der Waals surface area contributed by atoms with E-state index in [9.17, 15) is 0 Å². The summed E-state index contributed by atoms with van der Waals surface area (Å²) in [5, 5.41) is 0. The first-order valence-corrected chi connectivity index (χ1v) is 6.53. The Morgan fingerprint density at radius 2 is 2.43 bits per heavy atom. The molecule has 0 radical (unpaired) electrons. The van der Waals surface area contributed by atoms with Crippen LogP contribution in [-0.4, -0.2) is 26.9 Å². The van der Waals surface area contributed by atoms with Gasteiger partial charge in [0.15, 0.2) is 0 Å². The molecule has 0 spiro atoms. The fourth-order valence-electron chi connectivity index (χ4n) is 1.13. The molecule has 1 unspecified atom stereocenters. The van der Waals surface area contributed by atoms with Gasteiger partial charge in [0.1, 0.15) is 5.82 Å². The first-order chi connectivity index (χ1) is 6.74. The molecule has 0 aliphatic carbocycles. The van der Waals surface area contributed by atoms with Crippen molar-refractivity contribution in [1.82, 2.24) is 9.55 Å². The highest BCUT2D eigenvalue weighted by Crippen LogP contribution is 2.11. The summed E-state index contributed by atoms with van der Waals surface area (Å²) in [5.41, 5.74) is 0. The number of alkyl halides is 1. The molecule has 0 fully saturated rings. The molecular formula is C10H17ClN2S. The molecule has 0 saturated carbocycles. The second-order valence-electron chi connectivity index (χ2n) is 3.54. The average Bonchev–Trinajstić information content (AvgIpc) is 2.58. The van der Waals surface area contributed by atoms with E-state index in [4.69, 9.17) is 11.6 Å². The van der Waals surface area contributed by atoms with E-state index in [1.165, 1.54) is 0 Å². The Kier molecular flexibility index (Phi) is 5.41. The molecule has 1 rings (SSSR count). The maximum absolute atomic E-state index is 5.73. The van der Waals surface area contributed by atoms with Gasteiger partial charge in [-0.3, -0.25) is 0 Å². The third-order valence-corrected chi connectivity index (χ3v) is 3.88. The van der Waals surface area contributed by atoms with Crippen LogP contribution in [0, 0.1) is 5.92 Å². The molecule has 1 aromatic rings. The van der Waals surface area contributed by atoms with Crippen LogP contribution in [-0.2, 0) is 13.5 Å². The molecule has 0 N–H and O–H groups in total. The van der Waals surface area contributed by atoms with Gasteiger partial charge in [0.25, 0.3) is 0 Å². The lowest BCUT2D eigenvalue weighted by molar-refractivity contribution is 0.757. The SMILES string of the molecule is CC(CCl)CSCCc1nccn1C. The Morgan fingerprint density at radius 3 is 3.00 bits per heavy atom. The van der Waals surface area contributed by atoms with Gasteiger partial charge >= 0.3 is 0 Å². The topological polar surface area (TPSA) is 17.8 Å². The Labute approximate surface area is 95.1 Å². The Balaban J connectivity index is 2.13. The van der Waals surface area contributed by atoms with Crippen molar-refractivity contribution in [3.8, 4) is 0 Å². The van der Waals surface area contributed by atoms with Gasteiger partial charge < -0.3 is 4.57 Å². The van der Waals surface area contributed by atoms with Gasteiger partial charge in [-0.05, 0) is 11.7 Å². The van der Waals surface area contributed by atoms with Crippen molar-refractivity contribution < 1.29 is 0 Å². The molecule has 4 heteroatoms. The highest BCUT2D eigenvalue weighted by Gasteiger charge is 2.02. The van der Waals surface area contributed by atoms with Gasteiger partial charge in [0, 0.05) is 37.5 Å². The summed E-state index contributed by atoms with van der Waals surface area (Å²) >= 11 is 7.68. The van der Waals surface area contributed by atoms with Crippen LogP contribution in [0.4, 0.5) is 0 Å².